The van der Waals surface area contributed by atoms with Gasteiger partial charge in [-0.25, -0.2) is 9.78 Å². The number of aromatic amines is 1. The minimum absolute atomic E-state index is 0.344. The van der Waals surface area contributed by atoms with Crippen LogP contribution < -0.4 is 0 Å². The fourth-order valence-corrected chi connectivity index (χ4v) is 3.36. The highest BCUT2D eigenvalue weighted by atomic mass is 32.2. The van der Waals surface area contributed by atoms with E-state index in [2.05, 4.69) is 22.1 Å². The summed E-state index contributed by atoms with van der Waals surface area (Å²) in [6.45, 7) is 4.15. The van der Waals surface area contributed by atoms with Crippen LogP contribution in [0.1, 0.15) is 40.0 Å². The number of aryl methyl sites for hydroxylation is 1. The molecule has 0 atom stereocenters. The van der Waals surface area contributed by atoms with E-state index in [0.717, 1.165) is 23.0 Å². The highest BCUT2D eigenvalue weighted by Gasteiger charge is 2.17. The average molecular weight is 356 g/mol. The summed E-state index contributed by atoms with van der Waals surface area (Å²) in [7, 11) is 0. The van der Waals surface area contributed by atoms with Crippen molar-refractivity contribution in [2.24, 2.45) is 0 Å². The van der Waals surface area contributed by atoms with Gasteiger partial charge in [0.1, 0.15) is 11.3 Å². The van der Waals surface area contributed by atoms with E-state index < -0.39 is 0 Å². The van der Waals surface area contributed by atoms with Crippen LogP contribution >= 0.6 is 11.8 Å². The number of esters is 1. The Kier molecular flexibility index (Phi) is 5.60. The number of nitrogens with zero attached hydrogens (tertiary/aromatic N) is 1. The molecule has 0 aliphatic rings. The number of hydrogen-bond donors (Lipinski definition) is 1. The molecule has 0 aliphatic heterocycles. The first-order valence-corrected chi connectivity index (χ1v) is 9.11. The van der Waals surface area contributed by atoms with Crippen molar-refractivity contribution in [3.8, 4) is 0 Å². The second-order valence-corrected chi connectivity index (χ2v) is 6.51. The van der Waals surface area contributed by atoms with Gasteiger partial charge < -0.3 is 14.1 Å². The van der Waals surface area contributed by atoms with Crippen molar-refractivity contribution in [1.82, 2.24) is 9.97 Å². The number of benzene rings is 1. The van der Waals surface area contributed by atoms with E-state index in [9.17, 15) is 4.79 Å². The molecule has 1 aromatic carbocycles. The fourth-order valence-electron chi connectivity index (χ4n) is 2.47. The van der Waals surface area contributed by atoms with Crippen LogP contribution in [0.4, 0.5) is 0 Å². The minimum Gasteiger partial charge on any atom is -0.468 e. The largest absolute Gasteiger partial charge is 0.468 e. The number of rotatable bonds is 7. The van der Waals surface area contributed by atoms with E-state index in [-0.39, 0.29) is 5.97 Å². The number of carbonyl (C=O) groups excluding carboxylic acids is 1. The van der Waals surface area contributed by atoms with Gasteiger partial charge >= 0.3 is 5.97 Å². The van der Waals surface area contributed by atoms with Crippen molar-refractivity contribution in [3.05, 3.63) is 70.9 Å². The van der Waals surface area contributed by atoms with Crippen LogP contribution in [0.2, 0.25) is 0 Å². The average Bonchev–Trinajstić information content (AvgIpc) is 3.21. The molecule has 2 aromatic heterocycles. The van der Waals surface area contributed by atoms with Crippen molar-refractivity contribution >= 4 is 17.7 Å². The maximum Gasteiger partial charge on any atom is 0.341 e. The van der Waals surface area contributed by atoms with Gasteiger partial charge in [-0.3, -0.25) is 0 Å². The van der Waals surface area contributed by atoms with Crippen LogP contribution in [0.25, 0.3) is 0 Å². The third-order valence-corrected chi connectivity index (χ3v) is 4.63. The summed E-state index contributed by atoms with van der Waals surface area (Å²) in [6.07, 6.45) is 2.30. The molecule has 5 nitrogen and oxygen atoms in total. The molecule has 0 unspecified atom stereocenters. The molecule has 0 amide bonds. The highest BCUT2D eigenvalue weighted by Crippen LogP contribution is 2.25. The molecule has 0 fully saturated rings. The van der Waals surface area contributed by atoms with Crippen LogP contribution in [-0.2, 0) is 16.9 Å². The lowest BCUT2D eigenvalue weighted by atomic mass is 10.1. The molecule has 0 bridgehead atoms. The smallest absolute Gasteiger partial charge is 0.341 e. The van der Waals surface area contributed by atoms with Gasteiger partial charge in [0.05, 0.1) is 24.3 Å². The first-order chi connectivity index (χ1) is 12.2. The number of thioether (sulfide) groups is 1. The van der Waals surface area contributed by atoms with Crippen molar-refractivity contribution in [2.45, 2.75) is 31.2 Å². The zero-order valence-electron chi connectivity index (χ0n) is 14.2. The molecule has 3 rings (SSSR count). The Hall–Kier alpha value is -2.47. The summed E-state index contributed by atoms with van der Waals surface area (Å²) >= 11 is 1.51. The predicted molar refractivity (Wildman–Crippen MR) is 96.8 cm³/mol. The van der Waals surface area contributed by atoms with E-state index in [1.165, 1.54) is 23.6 Å². The molecule has 0 spiro atoms. The zero-order chi connectivity index (χ0) is 17.6. The number of furan rings is 1. The quantitative estimate of drug-likeness (QED) is 0.503. The monoisotopic (exact) mass is 356 g/mol. The number of aromatic nitrogens is 2. The maximum absolute atomic E-state index is 11.9. The van der Waals surface area contributed by atoms with Gasteiger partial charge in [0.25, 0.3) is 0 Å². The van der Waals surface area contributed by atoms with Crippen LogP contribution in [-0.4, -0.2) is 22.5 Å². The Morgan fingerprint density at radius 2 is 2.08 bits per heavy atom. The van der Waals surface area contributed by atoms with Crippen LogP contribution in [0, 0.1) is 6.92 Å². The van der Waals surface area contributed by atoms with Gasteiger partial charge in [0.2, 0.25) is 0 Å². The molecule has 3 aromatic rings. The SMILES string of the molecule is CCOC(=O)c1ccoc1CSc1nc(Cc2ccccc2)c(C)[nH]1. The third-order valence-electron chi connectivity index (χ3n) is 3.76. The summed E-state index contributed by atoms with van der Waals surface area (Å²) < 4.78 is 10.5. The van der Waals surface area contributed by atoms with E-state index in [1.54, 1.807) is 13.0 Å². The van der Waals surface area contributed by atoms with Crippen molar-refractivity contribution < 1.29 is 13.9 Å². The van der Waals surface area contributed by atoms with Gasteiger partial charge in [0.15, 0.2) is 5.16 Å². The summed E-state index contributed by atoms with van der Waals surface area (Å²) in [5.74, 6) is 0.758. The maximum atomic E-state index is 11.9. The Bertz CT molecular complexity index is 839. The van der Waals surface area contributed by atoms with Gasteiger partial charge in [-0.1, -0.05) is 42.1 Å². The first kappa shape index (κ1) is 17.4. The van der Waals surface area contributed by atoms with Gasteiger partial charge in [-0.05, 0) is 25.5 Å². The summed E-state index contributed by atoms with van der Waals surface area (Å²) in [4.78, 5) is 19.8. The van der Waals surface area contributed by atoms with Gasteiger partial charge in [0, 0.05) is 12.1 Å². The van der Waals surface area contributed by atoms with Gasteiger partial charge in [-0.2, -0.15) is 0 Å². The fraction of sp³-hybridized carbons (Fsp3) is 0.263. The molecule has 1 N–H and O–H groups in total. The predicted octanol–water partition coefficient (Wildman–Crippen LogP) is 4.37. The molecule has 6 heteroatoms. The third kappa shape index (κ3) is 4.33. The van der Waals surface area contributed by atoms with E-state index in [0.29, 0.717) is 23.7 Å². The van der Waals surface area contributed by atoms with Crippen molar-refractivity contribution in [3.63, 3.8) is 0 Å². The number of nitrogens with one attached hydrogen (secondary N) is 1. The topological polar surface area (TPSA) is 68.1 Å². The minimum atomic E-state index is -0.354. The number of imidazole rings is 1. The normalized spacial score (nSPS) is 10.8. The highest BCUT2D eigenvalue weighted by molar-refractivity contribution is 7.98. The molecule has 0 saturated carbocycles. The molecule has 130 valence electrons. The Labute approximate surface area is 150 Å². The second kappa shape index (κ2) is 8.07. The summed E-state index contributed by atoms with van der Waals surface area (Å²) in [5.41, 5.74) is 3.78. The second-order valence-electron chi connectivity index (χ2n) is 5.54. The zero-order valence-corrected chi connectivity index (χ0v) is 15.1. The Morgan fingerprint density at radius 1 is 1.28 bits per heavy atom. The van der Waals surface area contributed by atoms with Crippen molar-refractivity contribution in [1.29, 1.82) is 0 Å². The lowest BCUT2D eigenvalue weighted by Crippen LogP contribution is -2.05. The Morgan fingerprint density at radius 3 is 2.84 bits per heavy atom. The number of hydrogen-bond acceptors (Lipinski definition) is 5. The molecule has 0 saturated heterocycles. The van der Waals surface area contributed by atoms with E-state index >= 15 is 0 Å². The summed E-state index contributed by atoms with van der Waals surface area (Å²) in [5, 5.41) is 0.814. The molecule has 25 heavy (non-hydrogen) atoms. The molecular weight excluding hydrogens is 336 g/mol. The lowest BCUT2D eigenvalue weighted by molar-refractivity contribution is 0.0524. The number of ether oxygens (including phenoxy) is 1. The van der Waals surface area contributed by atoms with Crippen molar-refractivity contribution in [2.75, 3.05) is 6.61 Å². The first-order valence-electron chi connectivity index (χ1n) is 8.13. The Balaban J connectivity index is 1.66. The van der Waals surface area contributed by atoms with Crippen LogP contribution in [0.3, 0.4) is 0 Å². The summed E-state index contributed by atoms with van der Waals surface area (Å²) in [6, 6.07) is 11.9. The van der Waals surface area contributed by atoms with Crippen LogP contribution in [0.15, 0.2) is 52.2 Å². The lowest BCUT2D eigenvalue weighted by Gasteiger charge is -2.01. The molecule has 0 radical (unpaired) electrons. The van der Waals surface area contributed by atoms with E-state index in [4.69, 9.17) is 9.15 Å². The molecular formula is C19H20N2O3S. The van der Waals surface area contributed by atoms with E-state index in [1.807, 2.05) is 25.1 Å². The van der Waals surface area contributed by atoms with Crippen LogP contribution in [0.5, 0.6) is 0 Å². The number of carbonyl (C=O) groups is 1. The molecule has 0 aliphatic carbocycles. The standard InChI is InChI=1S/C19H20N2O3S/c1-3-23-18(22)15-9-10-24-17(15)12-25-19-20-13(2)16(21-19)11-14-7-5-4-6-8-14/h4-10H,3,11-12H2,1-2H3,(H,20,21). The number of H-pyrrole nitrogens is 1. The van der Waals surface area contributed by atoms with Gasteiger partial charge in [-0.15, -0.1) is 0 Å². The molecule has 2 heterocycles.